The van der Waals surface area contributed by atoms with Gasteiger partial charge < -0.3 is 9.47 Å². The molecule has 1 aliphatic rings. The van der Waals surface area contributed by atoms with E-state index in [-0.39, 0.29) is 5.38 Å². The molecule has 1 atom stereocenters. The number of hydrogen-bond acceptors (Lipinski definition) is 2. The van der Waals surface area contributed by atoms with Crippen molar-refractivity contribution >= 4 is 27.5 Å². The minimum absolute atomic E-state index is 0.0832. The maximum atomic E-state index is 6.52. The van der Waals surface area contributed by atoms with Gasteiger partial charge in [0.2, 0.25) is 0 Å². The predicted octanol–water partition coefficient (Wildman–Crippen LogP) is 4.74. The second-order valence-corrected chi connectivity index (χ2v) is 6.15. The maximum Gasteiger partial charge on any atom is 0.161 e. The number of halogens is 2. The summed E-state index contributed by atoms with van der Waals surface area (Å²) >= 11 is 10.0. The highest BCUT2D eigenvalue weighted by molar-refractivity contribution is 9.10. The first-order chi connectivity index (χ1) is 9.72. The Morgan fingerprint density at radius 3 is 2.65 bits per heavy atom. The minimum Gasteiger partial charge on any atom is -0.486 e. The van der Waals surface area contributed by atoms with Crippen LogP contribution in [-0.2, 0) is 6.42 Å². The molecule has 2 aromatic carbocycles. The second kappa shape index (κ2) is 6.06. The molecule has 2 aromatic rings. The number of hydrogen-bond donors (Lipinski definition) is 0. The smallest absolute Gasteiger partial charge is 0.161 e. The Labute approximate surface area is 131 Å². The molecular weight excluding hydrogens is 340 g/mol. The van der Waals surface area contributed by atoms with Gasteiger partial charge in [-0.05, 0) is 41.8 Å². The molecule has 0 aromatic heterocycles. The number of rotatable bonds is 3. The van der Waals surface area contributed by atoms with Crippen molar-refractivity contribution in [3.63, 3.8) is 0 Å². The summed E-state index contributed by atoms with van der Waals surface area (Å²) in [5.41, 5.74) is 2.25. The molecule has 0 bridgehead atoms. The van der Waals surface area contributed by atoms with Crippen molar-refractivity contribution in [3.05, 3.63) is 58.1 Å². The van der Waals surface area contributed by atoms with Gasteiger partial charge in [-0.1, -0.05) is 34.1 Å². The van der Waals surface area contributed by atoms with Gasteiger partial charge >= 0.3 is 0 Å². The van der Waals surface area contributed by atoms with Crippen molar-refractivity contribution in [2.24, 2.45) is 0 Å². The topological polar surface area (TPSA) is 18.5 Å². The van der Waals surface area contributed by atoms with Crippen LogP contribution >= 0.6 is 27.5 Å². The summed E-state index contributed by atoms with van der Waals surface area (Å²) in [6.07, 6.45) is 0.778. The van der Waals surface area contributed by atoms with Crippen LogP contribution in [0.3, 0.4) is 0 Å². The minimum atomic E-state index is -0.0832. The van der Waals surface area contributed by atoms with Crippen molar-refractivity contribution in [3.8, 4) is 11.5 Å². The summed E-state index contributed by atoms with van der Waals surface area (Å²) in [6, 6.07) is 14.1. The zero-order valence-corrected chi connectivity index (χ0v) is 13.2. The molecule has 20 heavy (non-hydrogen) atoms. The molecule has 4 heteroatoms. The Bertz CT molecular complexity index is 615. The summed E-state index contributed by atoms with van der Waals surface area (Å²) < 4.78 is 12.2. The summed E-state index contributed by atoms with van der Waals surface area (Å²) in [5.74, 6) is 1.58. The zero-order valence-electron chi connectivity index (χ0n) is 10.8. The Morgan fingerprint density at radius 2 is 1.85 bits per heavy atom. The van der Waals surface area contributed by atoms with E-state index in [1.165, 1.54) is 5.56 Å². The Balaban J connectivity index is 1.78. The van der Waals surface area contributed by atoms with Gasteiger partial charge in [0.1, 0.15) is 13.2 Å². The molecular formula is C16H14BrClO2. The number of benzene rings is 2. The third-order valence-corrected chi connectivity index (χ3v) is 4.13. The first-order valence-electron chi connectivity index (χ1n) is 6.50. The number of fused-ring (bicyclic) bond motifs is 1. The van der Waals surface area contributed by atoms with E-state index in [1.807, 2.05) is 30.3 Å². The van der Waals surface area contributed by atoms with Crippen molar-refractivity contribution in [2.45, 2.75) is 11.8 Å². The van der Waals surface area contributed by atoms with Crippen LogP contribution in [0.4, 0.5) is 0 Å². The van der Waals surface area contributed by atoms with Crippen molar-refractivity contribution in [2.75, 3.05) is 13.2 Å². The van der Waals surface area contributed by atoms with Gasteiger partial charge in [-0.2, -0.15) is 0 Å². The third kappa shape index (κ3) is 3.10. The van der Waals surface area contributed by atoms with Crippen molar-refractivity contribution < 1.29 is 9.47 Å². The van der Waals surface area contributed by atoms with Gasteiger partial charge in [-0.3, -0.25) is 0 Å². The highest BCUT2D eigenvalue weighted by atomic mass is 79.9. The van der Waals surface area contributed by atoms with E-state index in [4.69, 9.17) is 21.1 Å². The van der Waals surface area contributed by atoms with Crippen molar-refractivity contribution in [1.29, 1.82) is 0 Å². The van der Waals surface area contributed by atoms with Crippen LogP contribution in [0.2, 0.25) is 0 Å². The first-order valence-corrected chi connectivity index (χ1v) is 7.73. The highest BCUT2D eigenvalue weighted by Gasteiger charge is 2.16. The van der Waals surface area contributed by atoms with Gasteiger partial charge in [0.25, 0.3) is 0 Å². The van der Waals surface area contributed by atoms with E-state index in [0.717, 1.165) is 28.0 Å². The number of alkyl halides is 1. The summed E-state index contributed by atoms with van der Waals surface area (Å²) in [7, 11) is 0. The van der Waals surface area contributed by atoms with E-state index < -0.39 is 0 Å². The normalized spacial score (nSPS) is 14.9. The molecule has 2 nitrogen and oxygen atoms in total. The van der Waals surface area contributed by atoms with E-state index in [1.54, 1.807) is 0 Å². The van der Waals surface area contributed by atoms with Gasteiger partial charge in [-0.25, -0.2) is 0 Å². The number of ether oxygens (including phenoxy) is 2. The van der Waals surface area contributed by atoms with Crippen LogP contribution in [0.5, 0.6) is 11.5 Å². The maximum absolute atomic E-state index is 6.52. The molecule has 0 amide bonds. The molecule has 0 spiro atoms. The van der Waals surface area contributed by atoms with Crippen LogP contribution < -0.4 is 9.47 Å². The molecule has 0 N–H and O–H groups in total. The van der Waals surface area contributed by atoms with Crippen LogP contribution in [0.25, 0.3) is 0 Å². The van der Waals surface area contributed by atoms with Gasteiger partial charge in [0.05, 0.1) is 5.38 Å². The summed E-state index contributed by atoms with van der Waals surface area (Å²) in [6.45, 7) is 1.20. The second-order valence-electron chi connectivity index (χ2n) is 4.70. The van der Waals surface area contributed by atoms with Crippen LogP contribution in [0.15, 0.2) is 46.9 Å². The van der Waals surface area contributed by atoms with Crippen LogP contribution in [0.1, 0.15) is 16.5 Å². The van der Waals surface area contributed by atoms with Gasteiger partial charge in [0.15, 0.2) is 11.5 Å². The van der Waals surface area contributed by atoms with Crippen LogP contribution in [0, 0.1) is 0 Å². The molecule has 1 unspecified atom stereocenters. The molecule has 1 heterocycles. The Morgan fingerprint density at radius 1 is 1.05 bits per heavy atom. The monoisotopic (exact) mass is 352 g/mol. The van der Waals surface area contributed by atoms with Crippen molar-refractivity contribution in [1.82, 2.24) is 0 Å². The fraction of sp³-hybridized carbons (Fsp3) is 0.250. The molecule has 104 valence electrons. The predicted molar refractivity (Wildman–Crippen MR) is 83.9 cm³/mol. The van der Waals surface area contributed by atoms with E-state index in [0.29, 0.717) is 13.2 Å². The lowest BCUT2D eigenvalue weighted by molar-refractivity contribution is 0.171. The Kier molecular flexibility index (Phi) is 4.18. The Hall–Kier alpha value is -1.19. The van der Waals surface area contributed by atoms with Gasteiger partial charge in [-0.15, -0.1) is 11.6 Å². The van der Waals surface area contributed by atoms with E-state index in [9.17, 15) is 0 Å². The third-order valence-electron chi connectivity index (χ3n) is 3.23. The zero-order chi connectivity index (χ0) is 13.9. The average Bonchev–Trinajstić information content (AvgIpc) is 2.47. The summed E-state index contributed by atoms with van der Waals surface area (Å²) in [5, 5.41) is -0.0832. The van der Waals surface area contributed by atoms with Crippen LogP contribution in [-0.4, -0.2) is 13.2 Å². The lowest BCUT2D eigenvalue weighted by Crippen LogP contribution is -2.15. The molecule has 0 saturated carbocycles. The van der Waals surface area contributed by atoms with E-state index in [2.05, 4.69) is 28.1 Å². The van der Waals surface area contributed by atoms with E-state index >= 15 is 0 Å². The first kappa shape index (κ1) is 13.8. The standard InChI is InChI=1S/C16H14BrClO2/c17-13-3-1-2-11(8-13)9-14(18)12-4-5-15-16(10-12)20-7-6-19-15/h1-5,8,10,14H,6-7,9H2. The molecule has 0 fully saturated rings. The quantitative estimate of drug-likeness (QED) is 0.742. The molecule has 0 radical (unpaired) electrons. The fourth-order valence-electron chi connectivity index (χ4n) is 2.24. The SMILES string of the molecule is ClC(Cc1cccc(Br)c1)c1ccc2c(c1)OCCO2. The largest absolute Gasteiger partial charge is 0.486 e. The molecule has 3 rings (SSSR count). The summed E-state index contributed by atoms with van der Waals surface area (Å²) in [4.78, 5) is 0. The lowest BCUT2D eigenvalue weighted by Gasteiger charge is -2.20. The van der Waals surface area contributed by atoms with Gasteiger partial charge in [0, 0.05) is 4.47 Å². The lowest BCUT2D eigenvalue weighted by atomic mass is 10.0. The molecule has 0 aliphatic carbocycles. The molecule has 1 aliphatic heterocycles. The average molecular weight is 354 g/mol. The molecule has 0 saturated heterocycles. The highest BCUT2D eigenvalue weighted by Crippen LogP contribution is 2.35. The fourth-order valence-corrected chi connectivity index (χ4v) is 3.00.